The first-order chi connectivity index (χ1) is 8.06. The minimum Gasteiger partial charge on any atom is -0.504 e. The molecule has 92 valence electrons. The fourth-order valence-corrected chi connectivity index (χ4v) is 0.951. The van der Waals surface area contributed by atoms with E-state index in [1.165, 1.54) is 12.3 Å². The maximum Gasteiger partial charge on any atom is 0.510 e. The number of rotatable bonds is 4. The van der Waals surface area contributed by atoms with Crippen LogP contribution >= 0.6 is 0 Å². The second kappa shape index (κ2) is 5.54. The van der Waals surface area contributed by atoms with E-state index in [2.05, 4.69) is 14.5 Å². The van der Waals surface area contributed by atoms with Gasteiger partial charge in [-0.05, 0) is 0 Å². The third-order valence-corrected chi connectivity index (χ3v) is 1.66. The largest absolute Gasteiger partial charge is 0.510 e. The number of pyridine rings is 1. The number of hydrogen-bond donors (Lipinski definition) is 2. The van der Waals surface area contributed by atoms with Gasteiger partial charge in [0.1, 0.15) is 0 Å². The van der Waals surface area contributed by atoms with E-state index in [1.54, 1.807) is 0 Å². The zero-order chi connectivity index (χ0) is 12.8. The van der Waals surface area contributed by atoms with Crippen LogP contribution in [0.3, 0.4) is 0 Å². The normalized spacial score (nSPS) is 9.47. The predicted octanol–water partition coefficient (Wildman–Crippen LogP) is 0.00540. The van der Waals surface area contributed by atoms with Crippen LogP contribution in [0, 0.1) is 0 Å². The van der Waals surface area contributed by atoms with E-state index in [4.69, 9.17) is 10.5 Å². The summed E-state index contributed by atoms with van der Waals surface area (Å²) in [5.41, 5.74) is 4.75. The highest BCUT2D eigenvalue weighted by Gasteiger charge is 2.16. The molecule has 1 heterocycles. The Kier molecular flexibility index (Phi) is 4.09. The number of amides is 1. The Bertz CT molecular complexity index is 433. The molecule has 1 aromatic rings. The Labute approximate surface area is 95.9 Å². The van der Waals surface area contributed by atoms with Crippen molar-refractivity contribution < 1.29 is 28.9 Å². The standard InChI is InChI=1S/C9H10N2O6/c1-15-9(14)17-4-16-7-5(12)2-3-11-6(7)8(10)13/h2-3H,4H2,1H3,(H2,10,13)(H,11,12). The van der Waals surface area contributed by atoms with Crippen molar-refractivity contribution in [3.8, 4) is 11.5 Å². The number of aromatic hydroxyl groups is 1. The van der Waals surface area contributed by atoms with Crippen LogP contribution in [0.15, 0.2) is 12.3 Å². The first-order valence-corrected chi connectivity index (χ1v) is 4.37. The quantitative estimate of drug-likeness (QED) is 0.563. The number of aromatic nitrogens is 1. The van der Waals surface area contributed by atoms with Gasteiger partial charge in [0.25, 0.3) is 5.91 Å². The van der Waals surface area contributed by atoms with Crippen LogP contribution in [0.1, 0.15) is 10.5 Å². The van der Waals surface area contributed by atoms with Gasteiger partial charge >= 0.3 is 6.16 Å². The van der Waals surface area contributed by atoms with E-state index in [0.717, 1.165) is 7.11 Å². The summed E-state index contributed by atoms with van der Waals surface area (Å²) < 4.78 is 13.5. The number of nitrogens with two attached hydrogens (primary N) is 1. The summed E-state index contributed by atoms with van der Waals surface area (Å²) in [7, 11) is 1.12. The fourth-order valence-electron chi connectivity index (χ4n) is 0.951. The highest BCUT2D eigenvalue weighted by atomic mass is 16.8. The average Bonchev–Trinajstić information content (AvgIpc) is 2.30. The molecule has 0 aliphatic heterocycles. The molecule has 0 unspecified atom stereocenters. The number of methoxy groups -OCH3 is 1. The van der Waals surface area contributed by atoms with Crippen molar-refractivity contribution in [3.05, 3.63) is 18.0 Å². The molecule has 1 rings (SSSR count). The Balaban J connectivity index is 2.76. The van der Waals surface area contributed by atoms with Crippen molar-refractivity contribution in [2.24, 2.45) is 5.73 Å². The molecule has 0 atom stereocenters. The first kappa shape index (κ1) is 12.6. The highest BCUT2D eigenvalue weighted by Crippen LogP contribution is 2.27. The van der Waals surface area contributed by atoms with Gasteiger partial charge in [0.2, 0.25) is 6.79 Å². The second-order valence-corrected chi connectivity index (χ2v) is 2.73. The molecule has 0 aromatic carbocycles. The Morgan fingerprint density at radius 3 is 2.82 bits per heavy atom. The lowest BCUT2D eigenvalue weighted by Crippen LogP contribution is -2.17. The van der Waals surface area contributed by atoms with Crippen LogP contribution in [0.2, 0.25) is 0 Å². The molecule has 0 aliphatic rings. The van der Waals surface area contributed by atoms with E-state index in [0.29, 0.717) is 0 Å². The SMILES string of the molecule is COC(=O)OCOc1c(O)ccnc1C(N)=O. The molecule has 8 nitrogen and oxygen atoms in total. The summed E-state index contributed by atoms with van der Waals surface area (Å²) in [6, 6.07) is 1.19. The monoisotopic (exact) mass is 242 g/mol. The summed E-state index contributed by atoms with van der Waals surface area (Å²) in [4.78, 5) is 25.2. The summed E-state index contributed by atoms with van der Waals surface area (Å²) >= 11 is 0. The summed E-state index contributed by atoms with van der Waals surface area (Å²) in [6.45, 7) is -0.549. The van der Waals surface area contributed by atoms with Crippen molar-refractivity contribution in [3.63, 3.8) is 0 Å². The topological polar surface area (TPSA) is 121 Å². The zero-order valence-corrected chi connectivity index (χ0v) is 8.87. The Morgan fingerprint density at radius 2 is 2.24 bits per heavy atom. The molecular weight excluding hydrogens is 232 g/mol. The third-order valence-electron chi connectivity index (χ3n) is 1.66. The number of hydrogen-bond acceptors (Lipinski definition) is 7. The number of carbonyl (C=O) groups excluding carboxylic acids is 2. The van der Waals surface area contributed by atoms with Crippen LogP contribution in [0.25, 0.3) is 0 Å². The van der Waals surface area contributed by atoms with E-state index >= 15 is 0 Å². The van der Waals surface area contributed by atoms with E-state index < -0.39 is 18.9 Å². The van der Waals surface area contributed by atoms with E-state index in [1.807, 2.05) is 0 Å². The van der Waals surface area contributed by atoms with Crippen molar-refractivity contribution in [2.75, 3.05) is 13.9 Å². The maximum atomic E-state index is 11.0. The minimum absolute atomic E-state index is 0.260. The Hall–Kier alpha value is -2.51. The van der Waals surface area contributed by atoms with Crippen molar-refractivity contribution >= 4 is 12.1 Å². The summed E-state index contributed by atoms with van der Waals surface area (Å²) in [5.74, 6) is -1.49. The van der Waals surface area contributed by atoms with Gasteiger partial charge in [-0.25, -0.2) is 9.78 Å². The molecule has 0 saturated heterocycles. The number of primary amides is 1. The first-order valence-electron chi connectivity index (χ1n) is 4.37. The molecule has 0 bridgehead atoms. The lowest BCUT2D eigenvalue weighted by Gasteiger charge is -2.09. The molecule has 0 aliphatic carbocycles. The van der Waals surface area contributed by atoms with Gasteiger partial charge in [-0.15, -0.1) is 0 Å². The lowest BCUT2D eigenvalue weighted by molar-refractivity contribution is 0.0136. The van der Waals surface area contributed by atoms with Crippen LogP contribution in [-0.2, 0) is 9.47 Å². The van der Waals surface area contributed by atoms with Gasteiger partial charge < -0.3 is 25.1 Å². The van der Waals surface area contributed by atoms with Crippen molar-refractivity contribution in [1.82, 2.24) is 4.98 Å². The Morgan fingerprint density at radius 1 is 1.53 bits per heavy atom. The minimum atomic E-state index is -0.964. The molecule has 0 fully saturated rings. The molecule has 0 spiro atoms. The number of carbonyl (C=O) groups is 2. The van der Waals surface area contributed by atoms with Crippen LogP contribution in [0.5, 0.6) is 11.5 Å². The van der Waals surface area contributed by atoms with Gasteiger partial charge in [0.15, 0.2) is 17.2 Å². The fraction of sp³-hybridized carbons (Fsp3) is 0.222. The molecule has 3 N–H and O–H groups in total. The molecule has 1 aromatic heterocycles. The predicted molar refractivity (Wildman–Crippen MR) is 53.4 cm³/mol. The van der Waals surface area contributed by atoms with Crippen LogP contribution in [-0.4, -0.2) is 36.1 Å². The van der Waals surface area contributed by atoms with Crippen molar-refractivity contribution in [1.29, 1.82) is 0 Å². The average molecular weight is 242 g/mol. The van der Waals surface area contributed by atoms with Crippen LogP contribution in [0.4, 0.5) is 4.79 Å². The molecule has 0 saturated carbocycles. The zero-order valence-electron chi connectivity index (χ0n) is 8.87. The van der Waals surface area contributed by atoms with Crippen molar-refractivity contribution in [2.45, 2.75) is 0 Å². The number of ether oxygens (including phenoxy) is 3. The van der Waals surface area contributed by atoms with E-state index in [9.17, 15) is 14.7 Å². The van der Waals surface area contributed by atoms with Gasteiger partial charge in [0.05, 0.1) is 7.11 Å². The maximum absolute atomic E-state index is 11.0. The van der Waals surface area contributed by atoms with Gasteiger partial charge in [-0.3, -0.25) is 4.79 Å². The van der Waals surface area contributed by atoms with Gasteiger partial charge in [-0.2, -0.15) is 0 Å². The molecular formula is C9H10N2O6. The molecule has 17 heavy (non-hydrogen) atoms. The van der Waals surface area contributed by atoms with E-state index in [-0.39, 0.29) is 17.2 Å². The van der Waals surface area contributed by atoms with Crippen LogP contribution < -0.4 is 10.5 Å². The summed E-state index contributed by atoms with van der Waals surface area (Å²) in [5, 5.41) is 9.42. The third kappa shape index (κ3) is 3.23. The van der Waals surface area contributed by atoms with Gasteiger partial charge in [-0.1, -0.05) is 0 Å². The number of nitrogens with zero attached hydrogens (tertiary/aromatic N) is 1. The highest BCUT2D eigenvalue weighted by molar-refractivity contribution is 5.94. The molecule has 0 radical (unpaired) electrons. The molecule has 8 heteroatoms. The second-order valence-electron chi connectivity index (χ2n) is 2.73. The molecule has 1 amide bonds. The van der Waals surface area contributed by atoms with Gasteiger partial charge in [0, 0.05) is 12.3 Å². The lowest BCUT2D eigenvalue weighted by atomic mass is 10.3. The summed E-state index contributed by atoms with van der Waals surface area (Å²) in [6.07, 6.45) is 0.220. The smallest absolute Gasteiger partial charge is 0.504 e.